The van der Waals surface area contributed by atoms with E-state index in [9.17, 15) is 15.0 Å². The quantitative estimate of drug-likeness (QED) is 0.0462. The zero-order valence-electron chi connectivity index (χ0n) is 31.8. The maximum atomic E-state index is 11.2. The van der Waals surface area contributed by atoms with Crippen LogP contribution in [0.1, 0.15) is 145 Å². The van der Waals surface area contributed by atoms with Gasteiger partial charge in [0.25, 0.3) is 0 Å². The highest BCUT2D eigenvalue weighted by atomic mass is 16.7. The highest BCUT2D eigenvalue weighted by Crippen LogP contribution is 2.40. The number of epoxide rings is 2. The number of hydrogen-bond donors (Lipinski definition) is 4. The molecule has 0 radical (unpaired) electrons. The van der Waals surface area contributed by atoms with Crippen LogP contribution in [0.3, 0.4) is 0 Å². The van der Waals surface area contributed by atoms with Crippen LogP contribution in [0.15, 0.2) is 0 Å². The molecule has 300 valence electrons. The van der Waals surface area contributed by atoms with Crippen molar-refractivity contribution in [2.45, 2.75) is 193 Å². The molecule has 11 heteroatoms. The average molecular weight is 723 g/mol. The average Bonchev–Trinajstić information content (AvgIpc) is 4.01. The van der Waals surface area contributed by atoms with Crippen molar-refractivity contribution in [3.05, 3.63) is 0 Å². The van der Waals surface area contributed by atoms with Crippen LogP contribution in [-0.2, 0) is 33.2 Å². The third kappa shape index (κ3) is 24.4. The minimum atomic E-state index is -0.885. The van der Waals surface area contributed by atoms with Gasteiger partial charge in [-0.05, 0) is 52.4 Å². The summed E-state index contributed by atoms with van der Waals surface area (Å²) in [4.78, 5) is 11.2. The fraction of sp³-hybridized carbons (Fsp3) is 0.974. The molecule has 0 bridgehead atoms. The van der Waals surface area contributed by atoms with Gasteiger partial charge in [-0.1, -0.05) is 91.9 Å². The monoisotopic (exact) mass is 723 g/mol. The lowest BCUT2D eigenvalue weighted by atomic mass is 9.94. The Morgan fingerprint density at radius 3 is 1.82 bits per heavy atom. The van der Waals surface area contributed by atoms with Crippen LogP contribution < -0.4 is 0 Å². The lowest BCUT2D eigenvalue weighted by Crippen LogP contribution is -2.33. The molecule has 0 spiro atoms. The first-order chi connectivity index (χ1) is 23.5. The summed E-state index contributed by atoms with van der Waals surface area (Å²) in [6.45, 7) is 12.9. The van der Waals surface area contributed by atoms with Gasteiger partial charge in [-0.2, -0.15) is 0 Å². The SMILES string of the molecule is C.CCC1CO1.CCCCCCCCCC(CCCCCCCC(=O)OC)COCC1(C)OC1C(C)OCC(O)C(C)O.OC1COCC1O. The van der Waals surface area contributed by atoms with Gasteiger partial charge < -0.3 is 48.8 Å². The molecule has 3 fully saturated rings. The first-order valence-corrected chi connectivity index (χ1v) is 19.3. The Hall–Kier alpha value is -0.890. The van der Waals surface area contributed by atoms with Gasteiger partial charge in [0.05, 0.1) is 58.5 Å². The van der Waals surface area contributed by atoms with Crippen molar-refractivity contribution in [3.63, 3.8) is 0 Å². The summed E-state index contributed by atoms with van der Waals surface area (Å²) in [5, 5.41) is 36.4. The molecule has 3 aliphatic heterocycles. The highest BCUT2D eigenvalue weighted by Gasteiger charge is 2.56. The van der Waals surface area contributed by atoms with E-state index in [-0.39, 0.29) is 51.0 Å². The Kier molecular flexibility index (Phi) is 29.0. The third-order valence-corrected chi connectivity index (χ3v) is 9.51. The van der Waals surface area contributed by atoms with Crippen LogP contribution >= 0.6 is 0 Å². The largest absolute Gasteiger partial charge is 0.469 e. The second-order valence-corrected chi connectivity index (χ2v) is 14.4. The maximum Gasteiger partial charge on any atom is 0.305 e. The van der Waals surface area contributed by atoms with Gasteiger partial charge >= 0.3 is 5.97 Å². The van der Waals surface area contributed by atoms with E-state index in [1.165, 1.54) is 84.2 Å². The van der Waals surface area contributed by atoms with Crippen LogP contribution in [0, 0.1) is 5.92 Å². The molecule has 0 aromatic rings. The molecule has 0 aliphatic carbocycles. The fourth-order valence-electron chi connectivity index (χ4n) is 5.74. The molecule has 11 nitrogen and oxygen atoms in total. The lowest BCUT2D eigenvalue weighted by molar-refractivity contribution is -0.140. The molecule has 3 aliphatic rings. The normalized spacial score (nSPS) is 25.9. The molecule has 4 N–H and O–H groups in total. The van der Waals surface area contributed by atoms with Gasteiger partial charge in [-0.15, -0.1) is 0 Å². The summed E-state index contributed by atoms with van der Waals surface area (Å²) in [7, 11) is 1.45. The molecule has 50 heavy (non-hydrogen) atoms. The highest BCUT2D eigenvalue weighted by molar-refractivity contribution is 5.68. The van der Waals surface area contributed by atoms with E-state index in [0.717, 1.165) is 32.5 Å². The molecule has 3 heterocycles. The minimum absolute atomic E-state index is 0. The Bertz CT molecular complexity index is 788. The van der Waals surface area contributed by atoms with Gasteiger partial charge in [0.2, 0.25) is 0 Å². The van der Waals surface area contributed by atoms with E-state index in [1.54, 1.807) is 6.92 Å². The van der Waals surface area contributed by atoms with E-state index in [2.05, 4.69) is 25.5 Å². The van der Waals surface area contributed by atoms with Gasteiger partial charge in [0.15, 0.2) is 0 Å². The van der Waals surface area contributed by atoms with Crippen molar-refractivity contribution in [1.82, 2.24) is 0 Å². The molecule has 0 amide bonds. The summed E-state index contributed by atoms with van der Waals surface area (Å²) < 4.78 is 32.1. The smallest absolute Gasteiger partial charge is 0.305 e. The van der Waals surface area contributed by atoms with Crippen LogP contribution in [0.4, 0.5) is 0 Å². The van der Waals surface area contributed by atoms with Crippen molar-refractivity contribution in [3.8, 4) is 0 Å². The number of aliphatic hydroxyl groups excluding tert-OH is 4. The van der Waals surface area contributed by atoms with Gasteiger partial charge in [-0.3, -0.25) is 4.79 Å². The standard InChI is InChI=1S/C30H58O7.C4H8O3.C4H8O.CH4/c1-6-7-8-9-10-12-15-18-26(19-16-13-11-14-17-20-28(33)34-5)21-35-23-30(4)29(37-30)25(3)36-22-27(32)24(2)31;5-3-1-7-2-4(3)6;1-2-4-3-5-4;/h24-27,29,31-32H,6-23H2,1-5H3;3-6H,1-2H2;4H,2-3H2,1H3;1H4. The van der Waals surface area contributed by atoms with E-state index in [1.807, 2.05) is 6.92 Å². The molecule has 9 atom stereocenters. The Morgan fingerprint density at radius 1 is 0.840 bits per heavy atom. The number of hydrogen-bond acceptors (Lipinski definition) is 11. The fourth-order valence-corrected chi connectivity index (χ4v) is 5.74. The second kappa shape index (κ2) is 29.6. The zero-order valence-corrected chi connectivity index (χ0v) is 31.8. The number of carbonyl (C=O) groups is 1. The Balaban J connectivity index is 0.00000153. The second-order valence-electron chi connectivity index (χ2n) is 14.4. The minimum Gasteiger partial charge on any atom is -0.469 e. The molecule has 9 unspecified atom stereocenters. The van der Waals surface area contributed by atoms with E-state index < -0.39 is 24.4 Å². The van der Waals surface area contributed by atoms with Crippen molar-refractivity contribution >= 4 is 5.97 Å². The predicted octanol–water partition coefficient (Wildman–Crippen LogP) is 6.14. The van der Waals surface area contributed by atoms with Crippen molar-refractivity contribution in [2.75, 3.05) is 46.8 Å². The molecule has 3 saturated heterocycles. The number of ether oxygens (including phenoxy) is 6. The van der Waals surface area contributed by atoms with Gasteiger partial charge in [0, 0.05) is 13.0 Å². The van der Waals surface area contributed by atoms with Crippen LogP contribution in [0.5, 0.6) is 0 Å². The van der Waals surface area contributed by atoms with Crippen molar-refractivity contribution in [2.24, 2.45) is 5.92 Å². The van der Waals surface area contributed by atoms with Gasteiger partial charge in [-0.25, -0.2) is 0 Å². The molecule has 0 aromatic carbocycles. The predicted molar refractivity (Wildman–Crippen MR) is 197 cm³/mol. The first-order valence-electron chi connectivity index (χ1n) is 19.3. The van der Waals surface area contributed by atoms with E-state index in [0.29, 0.717) is 25.0 Å². The Morgan fingerprint density at radius 2 is 1.38 bits per heavy atom. The summed E-state index contributed by atoms with van der Waals surface area (Å²) in [5.41, 5.74) is -0.349. The Labute approximate surface area is 305 Å². The summed E-state index contributed by atoms with van der Waals surface area (Å²) in [5.74, 6) is 0.460. The van der Waals surface area contributed by atoms with Crippen molar-refractivity contribution < 1.29 is 53.6 Å². The molecule has 0 saturated carbocycles. The summed E-state index contributed by atoms with van der Waals surface area (Å²) >= 11 is 0. The number of esters is 1. The number of methoxy groups -OCH3 is 1. The van der Waals surface area contributed by atoms with Crippen molar-refractivity contribution in [1.29, 1.82) is 0 Å². The number of aliphatic hydroxyl groups is 4. The van der Waals surface area contributed by atoms with Crippen LogP contribution in [0.25, 0.3) is 0 Å². The van der Waals surface area contributed by atoms with E-state index in [4.69, 9.17) is 33.9 Å². The van der Waals surface area contributed by atoms with Crippen LogP contribution in [-0.4, -0.2) is 121 Å². The third-order valence-electron chi connectivity index (χ3n) is 9.51. The molecular weight excluding hydrogens is 644 g/mol. The maximum absolute atomic E-state index is 11.2. The van der Waals surface area contributed by atoms with Gasteiger partial charge in [0.1, 0.15) is 30.0 Å². The summed E-state index contributed by atoms with van der Waals surface area (Å²) in [6, 6.07) is 0. The number of carbonyl (C=O) groups excluding carboxylic acids is 1. The number of unbranched alkanes of at least 4 members (excludes halogenated alkanes) is 10. The lowest BCUT2D eigenvalue weighted by Gasteiger charge is -2.20. The first kappa shape index (κ1) is 49.1. The van der Waals surface area contributed by atoms with E-state index >= 15 is 0 Å². The summed E-state index contributed by atoms with van der Waals surface area (Å²) in [6.07, 6.45) is 16.4. The molecular formula is C39H78O11. The van der Waals surface area contributed by atoms with Crippen LogP contribution in [0.2, 0.25) is 0 Å². The number of rotatable bonds is 26. The molecule has 3 rings (SSSR count). The topological polar surface area (TPSA) is 160 Å². The molecule has 0 aromatic heterocycles. The zero-order chi connectivity index (χ0) is 36.5.